The number of hydrogen-bond acceptors (Lipinski definition) is 13. The van der Waals surface area contributed by atoms with Crippen LogP contribution in [0.1, 0.15) is 226 Å². The molecule has 0 spiro atoms. The smallest absolute Gasteiger partial charge is 0.220 e. The molecule has 0 aromatic heterocycles. The number of allylic oxidation sites excluding steroid dienone is 7. The molecule has 0 aliphatic carbocycles. The first-order valence-electron chi connectivity index (χ1n) is 29.4. The van der Waals surface area contributed by atoms with Crippen LogP contribution in [0.3, 0.4) is 0 Å². The molecule has 0 radical (unpaired) electrons. The van der Waals surface area contributed by atoms with Crippen molar-refractivity contribution in [2.45, 2.75) is 299 Å². The summed E-state index contributed by atoms with van der Waals surface area (Å²) in [6, 6.07) is -0.935. The summed E-state index contributed by atoms with van der Waals surface area (Å²) in [7, 11) is 0. The molecule has 2 fully saturated rings. The number of amides is 1. The van der Waals surface area contributed by atoms with Crippen LogP contribution in [0, 0.1) is 0 Å². The van der Waals surface area contributed by atoms with Crippen molar-refractivity contribution in [3.05, 3.63) is 48.6 Å². The third kappa shape index (κ3) is 31.1. The summed E-state index contributed by atoms with van der Waals surface area (Å²) >= 11 is 0. The zero-order valence-electron chi connectivity index (χ0n) is 45.6. The minimum atomic E-state index is -1.79. The Bertz CT molecular complexity index is 1410. The summed E-state index contributed by atoms with van der Waals surface area (Å²) in [6.07, 6.45) is 39.1. The maximum atomic E-state index is 13.2. The number of hydrogen-bond donors (Lipinski definition) is 9. The van der Waals surface area contributed by atoms with Crippen LogP contribution in [-0.2, 0) is 23.7 Å². The summed E-state index contributed by atoms with van der Waals surface area (Å²) in [6.45, 7) is 2.64. The van der Waals surface area contributed by atoms with E-state index in [-0.39, 0.29) is 18.9 Å². The summed E-state index contributed by atoms with van der Waals surface area (Å²) in [5.74, 6) is -0.254. The summed E-state index contributed by atoms with van der Waals surface area (Å²) in [4.78, 5) is 13.2. The van der Waals surface area contributed by atoms with E-state index in [4.69, 9.17) is 18.9 Å². The van der Waals surface area contributed by atoms with Gasteiger partial charge in [-0.15, -0.1) is 0 Å². The van der Waals surface area contributed by atoms with Crippen molar-refractivity contribution in [1.82, 2.24) is 5.32 Å². The molecule has 2 aliphatic rings. The lowest BCUT2D eigenvalue weighted by molar-refractivity contribution is -0.359. The second-order valence-electron chi connectivity index (χ2n) is 20.7. The number of aliphatic hydroxyl groups excluding tert-OH is 8. The van der Waals surface area contributed by atoms with Gasteiger partial charge in [-0.2, -0.15) is 0 Å². The minimum Gasteiger partial charge on any atom is -0.394 e. The Morgan fingerprint density at radius 3 is 1.41 bits per heavy atom. The first kappa shape index (κ1) is 67.1. The maximum Gasteiger partial charge on any atom is 0.220 e. The molecule has 12 atom stereocenters. The van der Waals surface area contributed by atoms with Gasteiger partial charge in [-0.1, -0.05) is 204 Å². The zero-order chi connectivity index (χ0) is 53.2. The number of carbonyl (C=O) groups is 1. The molecule has 2 heterocycles. The lowest BCUT2D eigenvalue weighted by atomic mass is 9.97. The van der Waals surface area contributed by atoms with Crippen molar-refractivity contribution in [3.63, 3.8) is 0 Å². The van der Waals surface area contributed by atoms with Crippen molar-refractivity contribution in [3.8, 4) is 0 Å². The molecule has 12 unspecified atom stereocenters. The van der Waals surface area contributed by atoms with Crippen LogP contribution in [0.25, 0.3) is 0 Å². The second-order valence-corrected chi connectivity index (χ2v) is 20.7. The highest BCUT2D eigenvalue weighted by molar-refractivity contribution is 5.76. The van der Waals surface area contributed by atoms with Gasteiger partial charge < -0.3 is 65.1 Å². The highest BCUT2D eigenvalue weighted by Gasteiger charge is 2.51. The number of unbranched alkanes of at least 4 members (excludes halogenated alkanes) is 27. The van der Waals surface area contributed by atoms with Gasteiger partial charge in [-0.05, 0) is 64.2 Å². The monoisotopic (exact) mass is 1040 g/mol. The molecule has 0 saturated carbocycles. The quantitative estimate of drug-likeness (QED) is 0.0205. The minimum absolute atomic E-state index is 0.254. The average Bonchev–Trinajstić information content (AvgIpc) is 3.39. The number of nitrogens with one attached hydrogen (secondary N) is 1. The Balaban J connectivity index is 1.65. The van der Waals surface area contributed by atoms with Gasteiger partial charge in [0.2, 0.25) is 5.91 Å². The van der Waals surface area contributed by atoms with E-state index in [9.17, 15) is 45.6 Å². The van der Waals surface area contributed by atoms with E-state index in [0.717, 1.165) is 44.9 Å². The van der Waals surface area contributed by atoms with E-state index in [1.54, 1.807) is 6.08 Å². The lowest BCUT2D eigenvalue weighted by Gasteiger charge is -2.46. The van der Waals surface area contributed by atoms with Gasteiger partial charge in [-0.3, -0.25) is 4.79 Å². The molecular weight excluding hydrogens is 931 g/mol. The average molecular weight is 1040 g/mol. The number of carbonyl (C=O) groups excluding carboxylic acids is 1. The van der Waals surface area contributed by atoms with Gasteiger partial charge in [0, 0.05) is 6.42 Å². The molecule has 0 aromatic rings. The fourth-order valence-electron chi connectivity index (χ4n) is 9.50. The zero-order valence-corrected chi connectivity index (χ0v) is 45.6. The van der Waals surface area contributed by atoms with E-state index in [1.807, 2.05) is 6.08 Å². The third-order valence-electron chi connectivity index (χ3n) is 14.2. The van der Waals surface area contributed by atoms with Crippen LogP contribution in [0.15, 0.2) is 48.6 Å². The molecule has 2 aliphatic heterocycles. The van der Waals surface area contributed by atoms with Gasteiger partial charge in [0.1, 0.15) is 48.8 Å². The van der Waals surface area contributed by atoms with Crippen molar-refractivity contribution >= 4 is 5.91 Å². The van der Waals surface area contributed by atoms with Gasteiger partial charge >= 0.3 is 0 Å². The SMILES string of the molecule is CC/C=C/CC/C=C/CC/C=C/C(O)C(COC1OC(CO)C(OC2OC(CO)C(O)C(O)C2O)C(O)C1O)NC(=O)CCCCCCCCCCCCCCCCCCC/C=C\CCCCCCCCCC. The molecule has 0 bridgehead atoms. The number of ether oxygens (including phenoxy) is 4. The highest BCUT2D eigenvalue weighted by Crippen LogP contribution is 2.30. The Hall–Kier alpha value is -2.05. The van der Waals surface area contributed by atoms with E-state index in [1.165, 1.54) is 148 Å². The number of aliphatic hydroxyl groups is 8. The van der Waals surface area contributed by atoms with Crippen LogP contribution in [0.2, 0.25) is 0 Å². The largest absolute Gasteiger partial charge is 0.394 e. The fraction of sp³-hybridized carbons (Fsp3) is 0.847. The van der Waals surface area contributed by atoms with E-state index in [2.05, 4.69) is 55.6 Å². The van der Waals surface area contributed by atoms with E-state index < -0.39 is 86.8 Å². The summed E-state index contributed by atoms with van der Waals surface area (Å²) in [5.41, 5.74) is 0. The Kier molecular flexibility index (Phi) is 41.4. The first-order chi connectivity index (χ1) is 35.6. The molecule has 73 heavy (non-hydrogen) atoms. The predicted molar refractivity (Wildman–Crippen MR) is 291 cm³/mol. The summed E-state index contributed by atoms with van der Waals surface area (Å²) in [5, 5.41) is 86.7. The molecule has 9 N–H and O–H groups in total. The number of rotatable bonds is 46. The lowest BCUT2D eigenvalue weighted by Crippen LogP contribution is -2.65. The Labute approximate surface area is 442 Å². The van der Waals surface area contributed by atoms with Crippen molar-refractivity contribution in [2.24, 2.45) is 0 Å². The maximum absolute atomic E-state index is 13.2. The van der Waals surface area contributed by atoms with Gasteiger partial charge in [0.25, 0.3) is 0 Å². The predicted octanol–water partition coefficient (Wildman–Crippen LogP) is 9.61. The Morgan fingerprint density at radius 1 is 0.493 bits per heavy atom. The van der Waals surface area contributed by atoms with Crippen LogP contribution < -0.4 is 5.32 Å². The molecular formula is C59H107NO13. The molecule has 14 nitrogen and oxygen atoms in total. The van der Waals surface area contributed by atoms with Crippen LogP contribution in [0.5, 0.6) is 0 Å². The van der Waals surface area contributed by atoms with Gasteiger partial charge in [0.15, 0.2) is 12.6 Å². The van der Waals surface area contributed by atoms with E-state index in [0.29, 0.717) is 12.8 Å². The van der Waals surface area contributed by atoms with E-state index >= 15 is 0 Å². The summed E-state index contributed by atoms with van der Waals surface area (Å²) < 4.78 is 22.7. The Morgan fingerprint density at radius 2 is 0.918 bits per heavy atom. The highest BCUT2D eigenvalue weighted by atomic mass is 16.7. The molecule has 426 valence electrons. The van der Waals surface area contributed by atoms with Gasteiger partial charge in [0.05, 0.1) is 32.0 Å². The van der Waals surface area contributed by atoms with Crippen LogP contribution in [-0.4, -0.2) is 140 Å². The van der Waals surface area contributed by atoms with Crippen molar-refractivity contribution < 1.29 is 64.6 Å². The molecule has 1 amide bonds. The van der Waals surface area contributed by atoms with Crippen LogP contribution in [0.4, 0.5) is 0 Å². The van der Waals surface area contributed by atoms with Crippen LogP contribution >= 0.6 is 0 Å². The second kappa shape index (κ2) is 45.0. The first-order valence-corrected chi connectivity index (χ1v) is 29.4. The van der Waals surface area contributed by atoms with Crippen molar-refractivity contribution in [2.75, 3.05) is 19.8 Å². The normalized spacial score (nSPS) is 25.7. The third-order valence-corrected chi connectivity index (χ3v) is 14.2. The van der Waals surface area contributed by atoms with Crippen molar-refractivity contribution in [1.29, 1.82) is 0 Å². The molecule has 2 rings (SSSR count). The fourth-order valence-corrected chi connectivity index (χ4v) is 9.50. The topological polar surface area (TPSA) is 228 Å². The molecule has 0 aromatic carbocycles. The molecule has 14 heteroatoms. The van der Waals surface area contributed by atoms with Gasteiger partial charge in [-0.25, -0.2) is 0 Å². The standard InChI is InChI=1S/C59H107NO13/c1-3-5-7-9-11-13-15-16-17-18-19-20-21-22-23-24-25-26-27-28-29-30-31-32-33-35-37-39-41-43-51(64)60-47(48(63)42-40-38-36-34-14-12-10-8-6-4-2)46-70-58-56(69)54(67)57(50(45-62)72-58)73-59-55(68)53(66)52(65)49(44-61)71-59/h6,8,14,18-19,34,40,42,47-50,52-59,61-63,65-69H,3-5,7,9-13,15-17,20-33,35-39,41,43-46H2,1-2H3,(H,60,64)/b8-6+,19-18-,34-14+,42-40+. The molecule has 2 saturated heterocycles.